The SMILES string of the molecule is CC(C)(C)c1ccnc(-n2c3[c-]c(Oc4[c-]c(-n5[c-][n+](-c6c(-c7ccccc7)cccc6-c6ccc7c8c6C(C)(C)CCC8(C)CCC7(C)C)c6ccccc65)ccc4)ccc3c3ccccc32)c1.[Pt]. The molecule has 5 nitrogen and oxygen atoms in total. The van der Waals surface area contributed by atoms with Crippen LogP contribution >= 0.6 is 0 Å². The van der Waals surface area contributed by atoms with Crippen LogP contribution in [0.15, 0.2) is 158 Å². The van der Waals surface area contributed by atoms with Gasteiger partial charge in [-0.25, -0.2) is 4.98 Å². The maximum absolute atomic E-state index is 6.72. The topological polar surface area (TPSA) is 35.9 Å². The van der Waals surface area contributed by atoms with Gasteiger partial charge in [-0.2, -0.15) is 18.2 Å². The van der Waals surface area contributed by atoms with E-state index in [2.05, 4.69) is 221 Å². The molecule has 3 aromatic heterocycles. The molecule has 352 valence electrons. The van der Waals surface area contributed by atoms with Crippen molar-refractivity contribution in [1.82, 2.24) is 14.1 Å². The molecular formula is C64H58N4OPt-2. The van der Waals surface area contributed by atoms with Crippen molar-refractivity contribution in [1.29, 1.82) is 0 Å². The quantitative estimate of drug-likeness (QED) is 0.118. The molecule has 1 unspecified atom stereocenters. The van der Waals surface area contributed by atoms with Crippen LogP contribution in [0.4, 0.5) is 0 Å². The summed E-state index contributed by atoms with van der Waals surface area (Å²) in [5.74, 6) is 2.04. The van der Waals surface area contributed by atoms with Crippen LogP contribution in [-0.2, 0) is 42.7 Å². The standard InChI is InChI=1S/C64H58N4O.Pt/c1-61(2,3)43-32-37-65-57(38-43)68-53-25-13-12-22-48(53)49-29-28-46(40-56(49)68)69-45-21-16-20-44(39-45)66-41-67(55-27-15-14-26-54(55)66)60-47(42-18-10-9-11-19-42)23-17-24-51(60)50-30-31-52-59-58(50)63(6,7)34-36-64(59,8)35-33-62(52,4)5;/h9-32,37-38H,33-36H2,1-8H3;/q-2;. The normalized spacial score (nSPS) is 17.1. The van der Waals surface area contributed by atoms with E-state index in [4.69, 9.17) is 9.72 Å². The van der Waals surface area contributed by atoms with Crippen LogP contribution in [0.1, 0.15) is 103 Å². The summed E-state index contributed by atoms with van der Waals surface area (Å²) in [6.45, 7) is 19.1. The smallest absolute Gasteiger partial charge is 0.268 e. The molecular weight excluding hydrogens is 1040 g/mol. The number of hydrogen-bond acceptors (Lipinski definition) is 2. The van der Waals surface area contributed by atoms with E-state index in [1.54, 1.807) is 5.56 Å². The first-order chi connectivity index (χ1) is 33.2. The molecule has 0 amide bonds. The van der Waals surface area contributed by atoms with Gasteiger partial charge in [0, 0.05) is 44.3 Å². The number of aromatic nitrogens is 4. The minimum atomic E-state index is -0.0287. The molecule has 2 aliphatic carbocycles. The Morgan fingerprint density at radius 2 is 1.30 bits per heavy atom. The zero-order valence-corrected chi connectivity index (χ0v) is 43.6. The fraction of sp³-hybridized carbons (Fsp3) is 0.250. The Labute approximate surface area is 427 Å². The second kappa shape index (κ2) is 16.8. The van der Waals surface area contributed by atoms with Crippen molar-refractivity contribution >= 4 is 32.8 Å². The van der Waals surface area contributed by atoms with Crippen molar-refractivity contribution in [2.24, 2.45) is 0 Å². The van der Waals surface area contributed by atoms with Gasteiger partial charge in [-0.1, -0.05) is 164 Å². The molecule has 0 aliphatic heterocycles. The van der Waals surface area contributed by atoms with Crippen LogP contribution in [-0.4, -0.2) is 14.1 Å². The molecule has 1 atom stereocenters. The predicted octanol–water partition coefficient (Wildman–Crippen LogP) is 15.6. The third kappa shape index (κ3) is 7.46. The molecule has 3 heterocycles. The van der Waals surface area contributed by atoms with E-state index in [1.807, 2.05) is 24.4 Å². The van der Waals surface area contributed by atoms with Crippen molar-refractivity contribution in [2.45, 2.75) is 103 Å². The summed E-state index contributed by atoms with van der Waals surface area (Å²) in [6.07, 6.45) is 10.6. The van der Waals surface area contributed by atoms with Gasteiger partial charge in [-0.05, 0) is 121 Å². The molecule has 0 radical (unpaired) electrons. The average Bonchev–Trinajstić information content (AvgIpc) is 3.90. The van der Waals surface area contributed by atoms with Gasteiger partial charge >= 0.3 is 0 Å². The summed E-state index contributed by atoms with van der Waals surface area (Å²) in [7, 11) is 0. The Kier molecular flexibility index (Phi) is 11.0. The van der Waals surface area contributed by atoms with Crippen LogP contribution in [0.3, 0.4) is 0 Å². The van der Waals surface area contributed by atoms with Crippen molar-refractivity contribution in [2.75, 3.05) is 0 Å². The first-order valence-corrected chi connectivity index (χ1v) is 24.6. The number of benzene rings is 7. The monoisotopic (exact) mass is 1090 g/mol. The van der Waals surface area contributed by atoms with E-state index < -0.39 is 0 Å². The molecule has 0 N–H and O–H groups in total. The number of hydrogen-bond donors (Lipinski definition) is 0. The third-order valence-corrected chi connectivity index (χ3v) is 15.6. The largest absolute Gasteiger partial charge is 0.510 e. The van der Waals surface area contributed by atoms with Crippen molar-refractivity contribution in [3.63, 3.8) is 0 Å². The van der Waals surface area contributed by atoms with Crippen LogP contribution in [0.5, 0.6) is 11.5 Å². The fourth-order valence-corrected chi connectivity index (χ4v) is 11.7. The minimum absolute atomic E-state index is 0. The van der Waals surface area contributed by atoms with Gasteiger partial charge in [0.2, 0.25) is 0 Å². The minimum Gasteiger partial charge on any atom is -0.510 e. The molecule has 7 aromatic carbocycles. The van der Waals surface area contributed by atoms with Gasteiger partial charge in [-0.3, -0.25) is 4.57 Å². The van der Waals surface area contributed by atoms with E-state index in [9.17, 15) is 0 Å². The summed E-state index contributed by atoms with van der Waals surface area (Å²) < 4.78 is 13.3. The molecule has 0 saturated heterocycles. The van der Waals surface area contributed by atoms with E-state index in [1.165, 1.54) is 47.1 Å². The van der Waals surface area contributed by atoms with Gasteiger partial charge in [-0.15, -0.1) is 29.7 Å². The second-order valence-electron chi connectivity index (χ2n) is 22.2. The van der Waals surface area contributed by atoms with E-state index in [0.29, 0.717) is 11.5 Å². The summed E-state index contributed by atoms with van der Waals surface area (Å²) in [5.41, 5.74) is 16.9. The molecule has 0 bridgehead atoms. The van der Waals surface area contributed by atoms with Crippen LogP contribution in [0, 0.1) is 18.5 Å². The predicted molar refractivity (Wildman–Crippen MR) is 281 cm³/mol. The van der Waals surface area contributed by atoms with Crippen molar-refractivity contribution < 1.29 is 30.4 Å². The zero-order chi connectivity index (χ0) is 47.5. The van der Waals surface area contributed by atoms with Crippen LogP contribution < -0.4 is 9.30 Å². The number of rotatable bonds is 7. The van der Waals surface area contributed by atoms with Gasteiger partial charge in [0.15, 0.2) is 0 Å². The number of fused-ring (bicyclic) bond motifs is 4. The molecule has 0 spiro atoms. The maximum atomic E-state index is 6.72. The van der Waals surface area contributed by atoms with Crippen molar-refractivity contribution in [3.8, 4) is 50.9 Å². The number of ether oxygens (including phenoxy) is 1. The van der Waals surface area contributed by atoms with Gasteiger partial charge < -0.3 is 13.9 Å². The fourth-order valence-electron chi connectivity index (χ4n) is 11.7. The van der Waals surface area contributed by atoms with Gasteiger partial charge in [0.1, 0.15) is 5.82 Å². The average molecular weight is 1090 g/mol. The number of nitrogens with zero attached hydrogens (tertiary/aromatic N) is 4. The Morgan fingerprint density at radius 1 is 0.600 bits per heavy atom. The summed E-state index contributed by atoms with van der Waals surface area (Å²) >= 11 is 0. The Hall–Kier alpha value is -6.55. The summed E-state index contributed by atoms with van der Waals surface area (Å²) in [5, 5.41) is 2.23. The summed E-state index contributed by atoms with van der Waals surface area (Å²) in [6, 6.07) is 61.5. The first kappa shape index (κ1) is 45.9. The van der Waals surface area contributed by atoms with Crippen molar-refractivity contribution in [3.05, 3.63) is 199 Å². The molecule has 0 saturated carbocycles. The number of pyridine rings is 1. The Morgan fingerprint density at radius 3 is 2.10 bits per heavy atom. The third-order valence-electron chi connectivity index (χ3n) is 15.6. The van der Waals surface area contributed by atoms with E-state index >= 15 is 0 Å². The van der Waals surface area contributed by atoms with Gasteiger partial charge in [0.05, 0.1) is 16.7 Å². The van der Waals surface area contributed by atoms with Gasteiger partial charge in [0.25, 0.3) is 6.33 Å². The second-order valence-corrected chi connectivity index (χ2v) is 22.2. The van der Waals surface area contributed by atoms with E-state index in [-0.39, 0.29) is 42.7 Å². The van der Waals surface area contributed by atoms with Crippen LogP contribution in [0.25, 0.3) is 72.3 Å². The molecule has 6 heteroatoms. The molecule has 0 fully saturated rings. The summed E-state index contributed by atoms with van der Waals surface area (Å²) in [4.78, 5) is 4.88. The maximum Gasteiger partial charge on any atom is 0.268 e. The first-order valence-electron chi connectivity index (χ1n) is 24.6. The molecule has 12 rings (SSSR count). The Bertz CT molecular complexity index is 3660. The molecule has 70 heavy (non-hydrogen) atoms. The number of para-hydroxylation sites is 4. The number of imidazole rings is 1. The molecule has 2 aliphatic rings. The Balaban J connectivity index is 0.00000533. The molecule has 10 aromatic rings. The zero-order valence-electron chi connectivity index (χ0n) is 41.4. The van der Waals surface area contributed by atoms with E-state index in [0.717, 1.165) is 67.6 Å². The van der Waals surface area contributed by atoms with Crippen LogP contribution in [0.2, 0.25) is 0 Å².